The lowest BCUT2D eigenvalue weighted by Crippen LogP contribution is -2.63. The topological polar surface area (TPSA) is 302 Å². The van der Waals surface area contributed by atoms with Gasteiger partial charge in [-0.1, -0.05) is 13.0 Å². The summed E-state index contributed by atoms with van der Waals surface area (Å²) in [6, 6.07) is -6.43. The number of hydrogen-bond acceptors (Lipinski definition) is 10. The van der Waals surface area contributed by atoms with Crippen LogP contribution in [0.4, 0.5) is 0 Å². The van der Waals surface area contributed by atoms with Gasteiger partial charge in [0.15, 0.2) is 12.0 Å². The van der Waals surface area contributed by atoms with Gasteiger partial charge in [0.2, 0.25) is 23.6 Å². The third-order valence-electron chi connectivity index (χ3n) is 8.37. The van der Waals surface area contributed by atoms with E-state index in [-0.39, 0.29) is 37.2 Å². The molecule has 0 spiro atoms. The Balaban J connectivity index is 2.17. The largest absolute Gasteiger partial charge is 0.480 e. The third-order valence-corrected chi connectivity index (χ3v) is 8.37. The van der Waals surface area contributed by atoms with Crippen LogP contribution in [0.15, 0.2) is 16.8 Å². The van der Waals surface area contributed by atoms with Crippen molar-refractivity contribution in [3.8, 4) is 0 Å². The van der Waals surface area contributed by atoms with E-state index < -0.39 is 78.4 Å². The summed E-state index contributed by atoms with van der Waals surface area (Å²) < 4.78 is 0. The molecule has 0 aliphatic carbocycles. The third kappa shape index (κ3) is 10.6. The molecule has 2 saturated heterocycles. The quantitative estimate of drug-likeness (QED) is 0.0465. The zero-order valence-electron chi connectivity index (χ0n) is 27.2. The van der Waals surface area contributed by atoms with Gasteiger partial charge < -0.3 is 58.9 Å². The Morgan fingerprint density at radius 2 is 1.60 bits per heavy atom. The molecule has 0 aromatic carbocycles. The van der Waals surface area contributed by atoms with Gasteiger partial charge in [0, 0.05) is 25.7 Å². The van der Waals surface area contributed by atoms with Gasteiger partial charge in [-0.25, -0.2) is 4.79 Å². The van der Waals surface area contributed by atoms with E-state index in [0.717, 1.165) is 0 Å². The van der Waals surface area contributed by atoms with Crippen molar-refractivity contribution in [2.24, 2.45) is 33.8 Å². The molecule has 0 aromatic heterocycles. The number of rotatable bonds is 15. The molecular weight excluding hydrogens is 616 g/mol. The number of aliphatic imine (C=N–C) groups is 1. The van der Waals surface area contributed by atoms with Crippen molar-refractivity contribution < 1.29 is 39.0 Å². The molecule has 7 atom stereocenters. The van der Waals surface area contributed by atoms with E-state index in [1.165, 1.54) is 22.8 Å². The van der Waals surface area contributed by atoms with Gasteiger partial charge >= 0.3 is 5.97 Å². The van der Waals surface area contributed by atoms with Gasteiger partial charge in [-0.05, 0) is 58.3 Å². The van der Waals surface area contributed by atoms with E-state index in [0.29, 0.717) is 38.5 Å². The molecule has 18 nitrogen and oxygen atoms in total. The fourth-order valence-corrected chi connectivity index (χ4v) is 5.53. The second-order valence-corrected chi connectivity index (χ2v) is 11.9. The summed E-state index contributed by atoms with van der Waals surface area (Å²) in [6.07, 6.45) is 4.07. The molecule has 2 heterocycles. The first-order valence-corrected chi connectivity index (χ1v) is 15.7. The van der Waals surface area contributed by atoms with E-state index in [9.17, 15) is 33.9 Å². The average Bonchev–Trinajstić information content (AvgIpc) is 3.53. The van der Waals surface area contributed by atoms with Crippen LogP contribution in [-0.2, 0) is 28.8 Å². The van der Waals surface area contributed by atoms with Crippen molar-refractivity contribution in [1.29, 1.82) is 0 Å². The maximum Gasteiger partial charge on any atom is 0.328 e. The highest BCUT2D eigenvalue weighted by Gasteiger charge is 2.43. The number of piperidine rings is 1. The predicted octanol–water partition coefficient (Wildman–Crippen LogP) is -3.60. The van der Waals surface area contributed by atoms with Crippen LogP contribution >= 0.6 is 0 Å². The number of nitrogens with zero attached hydrogens (tertiary/aromatic N) is 3. The van der Waals surface area contributed by atoms with Crippen LogP contribution in [0.2, 0.25) is 0 Å². The molecule has 2 rings (SSSR count). The molecule has 18 heteroatoms. The Labute approximate surface area is 273 Å². The summed E-state index contributed by atoms with van der Waals surface area (Å²) in [5, 5.41) is 25.6. The van der Waals surface area contributed by atoms with Crippen LogP contribution < -0.4 is 38.9 Å². The molecule has 2 aliphatic heterocycles. The molecule has 2 aliphatic rings. The van der Waals surface area contributed by atoms with E-state index in [1.54, 1.807) is 13.8 Å². The van der Waals surface area contributed by atoms with E-state index in [1.807, 2.05) is 0 Å². The fraction of sp³-hybridized carbons (Fsp3) is 0.690. The summed E-state index contributed by atoms with van der Waals surface area (Å²) in [5.41, 5.74) is 22.8. The number of guanidine groups is 1. The first-order chi connectivity index (χ1) is 22.1. The Hall–Kier alpha value is -4.29. The van der Waals surface area contributed by atoms with Crippen LogP contribution in [0.5, 0.6) is 0 Å². The zero-order chi connectivity index (χ0) is 35.4. The van der Waals surface area contributed by atoms with Crippen molar-refractivity contribution in [2.75, 3.05) is 26.2 Å². The molecular formula is C29H50N10O8. The van der Waals surface area contributed by atoms with E-state index >= 15 is 0 Å². The number of likely N-dealkylation sites (tertiary alicyclic amines) is 2. The number of amides is 5. The number of carboxylic acids is 1. The first kappa shape index (κ1) is 38.9. The van der Waals surface area contributed by atoms with Crippen molar-refractivity contribution >= 4 is 41.5 Å². The Kier molecular flexibility index (Phi) is 15.0. The lowest BCUT2D eigenvalue weighted by molar-refractivity contribution is -0.151. The average molecular weight is 667 g/mol. The number of aliphatic hydroxyl groups is 1. The van der Waals surface area contributed by atoms with Gasteiger partial charge in [-0.2, -0.15) is 0 Å². The highest BCUT2D eigenvalue weighted by molar-refractivity contribution is 6.01. The summed E-state index contributed by atoms with van der Waals surface area (Å²) in [5.74, 6) is -5.03. The smallest absolute Gasteiger partial charge is 0.328 e. The number of carbonyl (C=O) groups excluding carboxylic acids is 5. The van der Waals surface area contributed by atoms with Crippen LogP contribution in [-0.4, -0.2) is 124 Å². The Morgan fingerprint density at radius 1 is 0.957 bits per heavy atom. The monoisotopic (exact) mass is 666 g/mol. The first-order valence-electron chi connectivity index (χ1n) is 15.7. The second-order valence-electron chi connectivity index (χ2n) is 11.9. The van der Waals surface area contributed by atoms with Crippen LogP contribution in [0.3, 0.4) is 0 Å². The normalized spacial score (nSPS) is 21.4. The highest BCUT2D eigenvalue weighted by Crippen LogP contribution is 2.26. The number of hydrogen-bond donors (Lipinski definition) is 9. The van der Waals surface area contributed by atoms with Gasteiger partial charge in [-0.15, -0.1) is 0 Å². The maximum atomic E-state index is 13.9. The molecule has 0 aromatic rings. The number of nitrogens with one attached hydrogen (secondary N) is 3. The number of aliphatic hydroxyl groups excluding tert-OH is 1. The summed E-state index contributed by atoms with van der Waals surface area (Å²) in [4.78, 5) is 84.6. The van der Waals surface area contributed by atoms with Crippen molar-refractivity contribution in [1.82, 2.24) is 25.8 Å². The molecule has 0 radical (unpaired) electrons. The summed E-state index contributed by atoms with van der Waals surface area (Å²) in [6.45, 7) is 4.66. The number of carboxylic acid groups (broad SMARTS) is 1. The SMILES string of the molecule is C/C=C(\NC(=O)[C@@H]1CCCN1C(=O)[C@@H]1CCCCN1C(=O)C(NC(=O)C(N)C(C)CCN=C(N)N)C(C)N)C(=O)N[C@@H](CO)C(=O)O. The van der Waals surface area contributed by atoms with Crippen molar-refractivity contribution in [2.45, 2.75) is 95.5 Å². The van der Waals surface area contributed by atoms with Crippen molar-refractivity contribution in [3.63, 3.8) is 0 Å². The highest BCUT2D eigenvalue weighted by atomic mass is 16.4. The molecule has 5 amide bonds. The fourth-order valence-electron chi connectivity index (χ4n) is 5.53. The molecule has 0 saturated carbocycles. The Bertz CT molecular complexity index is 1220. The maximum absolute atomic E-state index is 13.9. The van der Waals surface area contributed by atoms with Crippen LogP contribution in [0.25, 0.3) is 0 Å². The summed E-state index contributed by atoms with van der Waals surface area (Å²) >= 11 is 0. The second kappa shape index (κ2) is 18.2. The molecule has 4 unspecified atom stereocenters. The molecule has 47 heavy (non-hydrogen) atoms. The van der Waals surface area contributed by atoms with Crippen molar-refractivity contribution in [3.05, 3.63) is 11.8 Å². The zero-order valence-corrected chi connectivity index (χ0v) is 27.2. The molecule has 264 valence electrons. The number of nitrogens with two attached hydrogens (primary N) is 4. The van der Waals surface area contributed by atoms with Gasteiger partial charge in [0.25, 0.3) is 5.91 Å². The van der Waals surface area contributed by atoms with E-state index in [4.69, 9.17) is 28.0 Å². The lowest BCUT2D eigenvalue weighted by Gasteiger charge is -2.40. The minimum absolute atomic E-state index is 0.0794. The molecule has 13 N–H and O–H groups in total. The predicted molar refractivity (Wildman–Crippen MR) is 171 cm³/mol. The molecule has 0 bridgehead atoms. The van der Waals surface area contributed by atoms with Gasteiger partial charge in [0.1, 0.15) is 23.8 Å². The van der Waals surface area contributed by atoms with Crippen LogP contribution in [0, 0.1) is 5.92 Å². The number of carbonyl (C=O) groups is 6. The van der Waals surface area contributed by atoms with Gasteiger partial charge in [-0.3, -0.25) is 29.0 Å². The minimum atomic E-state index is -1.58. The number of aliphatic carboxylic acids is 1. The standard InChI is InChI=1S/C29H50N10O8/c1-4-17(23(41)36-18(14-40)28(46)47)35-24(42)19-9-7-13-38(19)26(44)20-8-5-6-12-39(20)27(45)22(16(3)30)37-25(43)21(31)15(2)10-11-34-29(32)33/h4,15-16,18-22,40H,5-14,30-31H2,1-3H3,(H,35,42)(H,36,41)(H,37,43)(H,46,47)(H4,32,33,34)/b17-4-/t15?,16?,18-,19-,20-,21?,22?/m0/s1. The lowest BCUT2D eigenvalue weighted by atomic mass is 9.96. The van der Waals surface area contributed by atoms with Crippen LogP contribution in [0.1, 0.15) is 59.3 Å². The number of allylic oxidation sites excluding steroid dienone is 1. The van der Waals surface area contributed by atoms with E-state index in [2.05, 4.69) is 20.9 Å². The Morgan fingerprint density at radius 3 is 2.17 bits per heavy atom. The molecule has 2 fully saturated rings. The summed E-state index contributed by atoms with van der Waals surface area (Å²) in [7, 11) is 0. The minimum Gasteiger partial charge on any atom is -0.480 e. The van der Waals surface area contributed by atoms with Gasteiger partial charge in [0.05, 0.1) is 12.6 Å².